The van der Waals surface area contributed by atoms with Crippen LogP contribution in [0, 0.1) is 11.7 Å². The number of carbonyl (C=O) groups excluding carboxylic acids is 3. The van der Waals surface area contributed by atoms with Gasteiger partial charge in [-0.3, -0.25) is 24.3 Å². The number of anilines is 2. The number of fused-ring (bicyclic) bond motifs is 2. The van der Waals surface area contributed by atoms with Gasteiger partial charge in [0.05, 0.1) is 31.5 Å². The van der Waals surface area contributed by atoms with Crippen LogP contribution in [-0.2, 0) is 19.9 Å². The predicted molar refractivity (Wildman–Crippen MR) is 139 cm³/mol. The molecule has 38 heavy (non-hydrogen) atoms. The normalized spacial score (nSPS) is 17.2. The lowest BCUT2D eigenvalue weighted by molar-refractivity contribution is -0.150. The number of nitrogens with one attached hydrogen (secondary N) is 1. The van der Waals surface area contributed by atoms with E-state index >= 15 is 4.39 Å². The first-order chi connectivity index (χ1) is 18.3. The maximum atomic E-state index is 15.0. The molecule has 2 heterocycles. The lowest BCUT2D eigenvalue weighted by Crippen LogP contribution is -2.58. The summed E-state index contributed by atoms with van der Waals surface area (Å²) in [4.78, 5) is 46.4. The number of rotatable bonds is 6. The Morgan fingerprint density at radius 3 is 2.39 bits per heavy atom. The van der Waals surface area contributed by atoms with Crippen molar-refractivity contribution in [1.82, 2.24) is 10.3 Å². The SMILES string of the molecule is COC(=O)[C@@H](C)C1(NC(=O)c2cc3ccccc3cn2)C(=O)N(c2ccccc2F)c2cc(OC)ccc21. The van der Waals surface area contributed by atoms with Crippen LogP contribution >= 0.6 is 0 Å². The van der Waals surface area contributed by atoms with Crippen molar-refractivity contribution >= 4 is 39.9 Å². The number of halogens is 1. The maximum Gasteiger partial charge on any atom is 0.311 e. The molecule has 5 rings (SSSR count). The Morgan fingerprint density at radius 1 is 0.974 bits per heavy atom. The van der Waals surface area contributed by atoms with Crippen molar-refractivity contribution in [2.45, 2.75) is 12.5 Å². The third-order valence-electron chi connectivity index (χ3n) is 6.88. The molecule has 0 radical (unpaired) electrons. The third-order valence-corrected chi connectivity index (χ3v) is 6.88. The molecule has 2 amide bonds. The Kier molecular flexibility index (Phi) is 6.28. The van der Waals surface area contributed by atoms with E-state index in [2.05, 4.69) is 10.3 Å². The summed E-state index contributed by atoms with van der Waals surface area (Å²) in [6, 6.07) is 19.5. The van der Waals surface area contributed by atoms with Crippen molar-refractivity contribution in [1.29, 1.82) is 0 Å². The quantitative estimate of drug-likeness (QED) is 0.382. The molecular formula is C29H24FN3O5. The van der Waals surface area contributed by atoms with Gasteiger partial charge in [0, 0.05) is 23.2 Å². The Morgan fingerprint density at radius 2 is 1.68 bits per heavy atom. The van der Waals surface area contributed by atoms with E-state index in [1.807, 2.05) is 24.3 Å². The van der Waals surface area contributed by atoms with E-state index in [-0.39, 0.29) is 17.1 Å². The first-order valence-corrected chi connectivity index (χ1v) is 11.8. The molecule has 9 heteroatoms. The molecule has 0 bridgehead atoms. The number of para-hydroxylation sites is 1. The third kappa shape index (κ3) is 3.83. The average molecular weight is 514 g/mol. The molecule has 1 aliphatic rings. The predicted octanol–water partition coefficient (Wildman–Crippen LogP) is 4.50. The van der Waals surface area contributed by atoms with Gasteiger partial charge in [-0.1, -0.05) is 42.5 Å². The summed E-state index contributed by atoms with van der Waals surface area (Å²) in [5, 5.41) is 4.41. The van der Waals surface area contributed by atoms with Gasteiger partial charge in [0.25, 0.3) is 11.8 Å². The maximum absolute atomic E-state index is 15.0. The summed E-state index contributed by atoms with van der Waals surface area (Å²) in [5.74, 6) is -3.58. The minimum Gasteiger partial charge on any atom is -0.497 e. The van der Waals surface area contributed by atoms with Crippen LogP contribution in [0.1, 0.15) is 23.0 Å². The van der Waals surface area contributed by atoms with Crippen LogP contribution in [0.3, 0.4) is 0 Å². The van der Waals surface area contributed by atoms with Gasteiger partial charge in [0.2, 0.25) is 0 Å². The number of hydrogen-bond acceptors (Lipinski definition) is 6. The first-order valence-electron chi connectivity index (χ1n) is 11.8. The number of ether oxygens (including phenoxy) is 2. The Labute approximate surface area is 218 Å². The number of aromatic nitrogens is 1. The summed E-state index contributed by atoms with van der Waals surface area (Å²) in [6.45, 7) is 1.48. The van der Waals surface area contributed by atoms with Crippen molar-refractivity contribution in [3.05, 3.63) is 96.1 Å². The van der Waals surface area contributed by atoms with Gasteiger partial charge in [-0.2, -0.15) is 0 Å². The molecule has 0 saturated heterocycles. The fraction of sp³-hybridized carbons (Fsp3) is 0.172. The molecule has 1 unspecified atom stereocenters. The molecule has 3 aromatic carbocycles. The Bertz CT molecular complexity index is 1590. The van der Waals surface area contributed by atoms with E-state index in [4.69, 9.17) is 9.47 Å². The fourth-order valence-corrected chi connectivity index (χ4v) is 4.88. The van der Waals surface area contributed by atoms with Crippen LogP contribution in [0.5, 0.6) is 5.75 Å². The number of esters is 1. The fourth-order valence-electron chi connectivity index (χ4n) is 4.88. The number of pyridine rings is 1. The lowest BCUT2D eigenvalue weighted by Gasteiger charge is -2.34. The smallest absolute Gasteiger partial charge is 0.311 e. The van der Waals surface area contributed by atoms with Crippen molar-refractivity contribution in [2.24, 2.45) is 5.92 Å². The second kappa shape index (κ2) is 9.59. The van der Waals surface area contributed by atoms with Crippen LogP contribution in [0.25, 0.3) is 10.8 Å². The zero-order valence-electron chi connectivity index (χ0n) is 20.9. The molecular weight excluding hydrogens is 489 g/mol. The van der Waals surface area contributed by atoms with Crippen molar-refractivity contribution < 1.29 is 28.2 Å². The second-order valence-electron chi connectivity index (χ2n) is 8.90. The Hall–Kier alpha value is -4.79. The van der Waals surface area contributed by atoms with Gasteiger partial charge in [0.15, 0.2) is 5.54 Å². The number of carbonyl (C=O) groups is 3. The van der Waals surface area contributed by atoms with Crippen LogP contribution in [0.15, 0.2) is 79.0 Å². The molecule has 8 nitrogen and oxygen atoms in total. The molecule has 2 atom stereocenters. The van der Waals surface area contributed by atoms with Crippen LogP contribution in [0.2, 0.25) is 0 Å². The number of benzene rings is 3. The topological polar surface area (TPSA) is 97.8 Å². The molecule has 1 N–H and O–H groups in total. The summed E-state index contributed by atoms with van der Waals surface area (Å²) < 4.78 is 25.4. The highest BCUT2D eigenvalue weighted by Crippen LogP contribution is 2.50. The van der Waals surface area contributed by atoms with Gasteiger partial charge in [0.1, 0.15) is 17.3 Å². The van der Waals surface area contributed by atoms with Crippen molar-refractivity contribution in [3.63, 3.8) is 0 Å². The van der Waals surface area contributed by atoms with E-state index in [9.17, 15) is 14.4 Å². The number of hydrogen-bond donors (Lipinski definition) is 1. The van der Waals surface area contributed by atoms with E-state index < -0.39 is 35.1 Å². The molecule has 1 aliphatic heterocycles. The molecule has 0 saturated carbocycles. The standard InChI is InChI=1S/C29H24FN3O5/c1-17(27(35)38-3)29(32-26(34)23-14-18-8-4-5-9-19(18)16-31-23)21-13-12-20(37-2)15-25(21)33(28(29)36)24-11-7-6-10-22(24)30/h4-17H,1-3H3,(H,32,34)/t17-,29?/m1/s1. The number of methoxy groups -OCH3 is 2. The van der Waals surface area contributed by atoms with E-state index in [0.717, 1.165) is 15.7 Å². The van der Waals surface area contributed by atoms with Gasteiger partial charge >= 0.3 is 5.97 Å². The average Bonchev–Trinajstić information content (AvgIpc) is 3.19. The number of amides is 2. The molecule has 0 spiro atoms. The highest BCUT2D eigenvalue weighted by Gasteiger charge is 2.59. The molecule has 192 valence electrons. The summed E-state index contributed by atoms with van der Waals surface area (Å²) in [6.07, 6.45) is 1.56. The highest BCUT2D eigenvalue weighted by molar-refractivity contribution is 6.16. The van der Waals surface area contributed by atoms with Gasteiger partial charge in [-0.15, -0.1) is 0 Å². The van der Waals surface area contributed by atoms with Gasteiger partial charge < -0.3 is 14.8 Å². The number of nitrogens with zero attached hydrogens (tertiary/aromatic N) is 2. The molecule has 0 aliphatic carbocycles. The second-order valence-corrected chi connectivity index (χ2v) is 8.90. The summed E-state index contributed by atoms with van der Waals surface area (Å²) in [7, 11) is 2.66. The van der Waals surface area contributed by atoms with Crippen LogP contribution in [-0.4, -0.2) is 37.0 Å². The minimum absolute atomic E-state index is 0.0379. The summed E-state index contributed by atoms with van der Waals surface area (Å²) >= 11 is 0. The van der Waals surface area contributed by atoms with Crippen LogP contribution < -0.4 is 15.0 Å². The zero-order chi connectivity index (χ0) is 27.0. The monoisotopic (exact) mass is 513 g/mol. The molecule has 1 aromatic heterocycles. The lowest BCUT2D eigenvalue weighted by atomic mass is 9.79. The van der Waals surface area contributed by atoms with E-state index in [1.165, 1.54) is 39.3 Å². The molecule has 4 aromatic rings. The van der Waals surface area contributed by atoms with Gasteiger partial charge in [-0.25, -0.2) is 4.39 Å². The van der Waals surface area contributed by atoms with Crippen molar-refractivity contribution in [3.8, 4) is 5.75 Å². The van der Waals surface area contributed by atoms with Gasteiger partial charge in [-0.05, 0) is 36.6 Å². The highest BCUT2D eigenvalue weighted by atomic mass is 19.1. The summed E-state index contributed by atoms with van der Waals surface area (Å²) in [5.41, 5.74) is -1.36. The zero-order valence-corrected chi connectivity index (χ0v) is 20.9. The van der Waals surface area contributed by atoms with E-state index in [1.54, 1.807) is 36.5 Å². The van der Waals surface area contributed by atoms with E-state index in [0.29, 0.717) is 11.3 Å². The Balaban J connectivity index is 1.71. The minimum atomic E-state index is -1.93. The van der Waals surface area contributed by atoms with Crippen molar-refractivity contribution in [2.75, 3.05) is 19.1 Å². The molecule has 0 fully saturated rings. The van der Waals surface area contributed by atoms with Crippen LogP contribution in [0.4, 0.5) is 15.8 Å². The first kappa shape index (κ1) is 24.9. The largest absolute Gasteiger partial charge is 0.497 e.